The summed E-state index contributed by atoms with van der Waals surface area (Å²) in [6.45, 7) is 0.568. The molecule has 124 valence electrons. The van der Waals surface area contributed by atoms with Crippen molar-refractivity contribution in [1.82, 2.24) is 25.1 Å². The van der Waals surface area contributed by atoms with Crippen LogP contribution in [0.1, 0.15) is 22.4 Å². The summed E-state index contributed by atoms with van der Waals surface area (Å²) in [5, 5.41) is 11.1. The van der Waals surface area contributed by atoms with Crippen molar-refractivity contribution in [3.8, 4) is 5.69 Å². The van der Waals surface area contributed by atoms with Crippen LogP contribution in [0.25, 0.3) is 5.69 Å². The molecule has 0 aliphatic heterocycles. The molecule has 1 N–H and O–H groups in total. The number of benzene rings is 2. The van der Waals surface area contributed by atoms with E-state index in [1.54, 1.807) is 22.3 Å². The molecule has 0 aliphatic rings. The first-order valence-corrected chi connectivity index (χ1v) is 8.92. The lowest BCUT2D eigenvalue weighted by Gasteiger charge is -2.16. The number of nitrogens with one attached hydrogen (secondary N) is 1. The molecule has 5 nitrogen and oxygen atoms in total. The van der Waals surface area contributed by atoms with Crippen molar-refractivity contribution in [2.75, 3.05) is 0 Å². The molecule has 6 heteroatoms. The minimum Gasteiger partial charge on any atom is -0.297 e. The molecule has 2 aromatic heterocycles. The fourth-order valence-corrected chi connectivity index (χ4v) is 3.39. The van der Waals surface area contributed by atoms with Crippen LogP contribution < -0.4 is 5.32 Å². The standard InChI is InChI=1S/C19H17N5S/c1-3-7-15(8-4-1)18(19-20-11-12-25-19)21-13-17-22-14-24(23-17)16-9-5-2-6-10-16/h1-12,14,18,21H,13H2/t18-/m0/s1. The predicted molar refractivity (Wildman–Crippen MR) is 98.6 cm³/mol. The van der Waals surface area contributed by atoms with Gasteiger partial charge in [0.25, 0.3) is 0 Å². The van der Waals surface area contributed by atoms with E-state index in [4.69, 9.17) is 0 Å². The molecule has 4 aromatic rings. The monoisotopic (exact) mass is 347 g/mol. The molecule has 0 bridgehead atoms. The summed E-state index contributed by atoms with van der Waals surface area (Å²) in [6, 6.07) is 20.3. The molecule has 0 saturated carbocycles. The molecule has 1 atom stereocenters. The van der Waals surface area contributed by atoms with E-state index in [1.165, 1.54) is 5.56 Å². The van der Waals surface area contributed by atoms with E-state index in [1.807, 2.05) is 60.1 Å². The first-order valence-electron chi connectivity index (χ1n) is 8.04. The summed E-state index contributed by atoms with van der Waals surface area (Å²) in [5.74, 6) is 0.751. The van der Waals surface area contributed by atoms with E-state index >= 15 is 0 Å². The number of hydrogen-bond acceptors (Lipinski definition) is 5. The summed E-state index contributed by atoms with van der Waals surface area (Å²) in [7, 11) is 0. The second-order valence-corrected chi connectivity index (χ2v) is 6.46. The van der Waals surface area contributed by atoms with Gasteiger partial charge in [0, 0.05) is 11.6 Å². The maximum absolute atomic E-state index is 4.55. The van der Waals surface area contributed by atoms with Crippen molar-refractivity contribution < 1.29 is 0 Å². The maximum atomic E-state index is 4.55. The van der Waals surface area contributed by atoms with Crippen molar-refractivity contribution in [2.45, 2.75) is 12.6 Å². The Morgan fingerprint density at radius 2 is 1.72 bits per heavy atom. The third kappa shape index (κ3) is 3.65. The summed E-state index contributed by atoms with van der Waals surface area (Å²) >= 11 is 1.64. The van der Waals surface area contributed by atoms with Gasteiger partial charge in [-0.15, -0.1) is 16.4 Å². The van der Waals surface area contributed by atoms with Crippen LogP contribution in [0, 0.1) is 0 Å². The fraction of sp³-hybridized carbons (Fsp3) is 0.105. The Morgan fingerprint density at radius 1 is 0.960 bits per heavy atom. The molecular weight excluding hydrogens is 330 g/mol. The fourth-order valence-electron chi connectivity index (χ4n) is 2.65. The molecule has 0 radical (unpaired) electrons. The summed E-state index contributed by atoms with van der Waals surface area (Å²) in [6.07, 6.45) is 3.58. The van der Waals surface area contributed by atoms with Crippen LogP contribution >= 0.6 is 11.3 Å². The summed E-state index contributed by atoms with van der Waals surface area (Å²) in [4.78, 5) is 8.88. The largest absolute Gasteiger partial charge is 0.297 e. The second-order valence-electron chi connectivity index (χ2n) is 5.54. The molecule has 25 heavy (non-hydrogen) atoms. The number of rotatable bonds is 6. The molecule has 0 fully saturated rings. The Hall–Kier alpha value is -2.83. The van der Waals surface area contributed by atoms with E-state index < -0.39 is 0 Å². The molecule has 0 aliphatic carbocycles. The average Bonchev–Trinajstić information content (AvgIpc) is 3.36. The summed E-state index contributed by atoms with van der Waals surface area (Å²) < 4.78 is 1.79. The minimum absolute atomic E-state index is 0.0323. The molecule has 0 amide bonds. The zero-order valence-corrected chi connectivity index (χ0v) is 14.3. The van der Waals surface area contributed by atoms with E-state index in [-0.39, 0.29) is 6.04 Å². The second kappa shape index (κ2) is 7.38. The lowest BCUT2D eigenvalue weighted by molar-refractivity contribution is 0.583. The van der Waals surface area contributed by atoms with E-state index in [9.17, 15) is 0 Å². The number of hydrogen-bond donors (Lipinski definition) is 1. The van der Waals surface area contributed by atoms with Crippen molar-refractivity contribution in [3.05, 3.63) is 95.0 Å². The van der Waals surface area contributed by atoms with Gasteiger partial charge in [0.05, 0.1) is 18.3 Å². The van der Waals surface area contributed by atoms with Crippen LogP contribution in [-0.4, -0.2) is 19.7 Å². The van der Waals surface area contributed by atoms with Gasteiger partial charge in [0.1, 0.15) is 11.3 Å². The van der Waals surface area contributed by atoms with Gasteiger partial charge < -0.3 is 0 Å². The molecule has 0 spiro atoms. The lowest BCUT2D eigenvalue weighted by Crippen LogP contribution is -2.22. The van der Waals surface area contributed by atoms with Crippen molar-refractivity contribution in [1.29, 1.82) is 0 Å². The lowest BCUT2D eigenvalue weighted by atomic mass is 10.1. The average molecular weight is 347 g/mol. The van der Waals surface area contributed by atoms with Gasteiger partial charge in [0.15, 0.2) is 5.82 Å². The van der Waals surface area contributed by atoms with Crippen molar-refractivity contribution in [2.24, 2.45) is 0 Å². The predicted octanol–water partition coefficient (Wildman–Crippen LogP) is 3.60. The Morgan fingerprint density at radius 3 is 2.44 bits per heavy atom. The minimum atomic E-state index is 0.0323. The highest BCUT2D eigenvalue weighted by molar-refractivity contribution is 7.09. The Labute approximate surface area is 150 Å². The van der Waals surface area contributed by atoms with Gasteiger partial charge in [-0.2, -0.15) is 0 Å². The molecular formula is C19H17N5S. The van der Waals surface area contributed by atoms with E-state index in [0.29, 0.717) is 6.54 Å². The Kier molecular flexibility index (Phi) is 4.63. The van der Waals surface area contributed by atoms with Crippen LogP contribution in [0.3, 0.4) is 0 Å². The van der Waals surface area contributed by atoms with E-state index in [0.717, 1.165) is 16.5 Å². The number of aromatic nitrogens is 4. The Bertz CT molecular complexity index is 903. The molecule has 4 rings (SSSR count). The highest BCUT2D eigenvalue weighted by Crippen LogP contribution is 2.23. The highest BCUT2D eigenvalue weighted by Gasteiger charge is 2.16. The van der Waals surface area contributed by atoms with E-state index in [2.05, 4.69) is 32.5 Å². The zero-order chi connectivity index (χ0) is 16.9. The van der Waals surface area contributed by atoms with Crippen LogP contribution in [0.4, 0.5) is 0 Å². The molecule has 2 aromatic carbocycles. The highest BCUT2D eigenvalue weighted by atomic mass is 32.1. The number of thiazole rings is 1. The van der Waals surface area contributed by atoms with Crippen LogP contribution in [0.2, 0.25) is 0 Å². The molecule has 0 unspecified atom stereocenters. The van der Waals surface area contributed by atoms with Gasteiger partial charge in [-0.05, 0) is 17.7 Å². The zero-order valence-electron chi connectivity index (χ0n) is 13.5. The van der Waals surface area contributed by atoms with Gasteiger partial charge in [-0.25, -0.2) is 14.6 Å². The van der Waals surface area contributed by atoms with Crippen LogP contribution in [0.5, 0.6) is 0 Å². The van der Waals surface area contributed by atoms with Gasteiger partial charge >= 0.3 is 0 Å². The van der Waals surface area contributed by atoms with Crippen molar-refractivity contribution >= 4 is 11.3 Å². The van der Waals surface area contributed by atoms with Crippen molar-refractivity contribution in [3.63, 3.8) is 0 Å². The Balaban J connectivity index is 1.51. The van der Waals surface area contributed by atoms with Gasteiger partial charge in [-0.1, -0.05) is 48.5 Å². The quantitative estimate of drug-likeness (QED) is 0.579. The number of para-hydroxylation sites is 1. The third-order valence-electron chi connectivity index (χ3n) is 3.86. The topological polar surface area (TPSA) is 55.6 Å². The third-order valence-corrected chi connectivity index (χ3v) is 4.70. The molecule has 0 saturated heterocycles. The van der Waals surface area contributed by atoms with Crippen LogP contribution in [0.15, 0.2) is 78.6 Å². The van der Waals surface area contributed by atoms with Crippen LogP contribution in [-0.2, 0) is 6.54 Å². The normalized spacial score (nSPS) is 12.2. The first kappa shape index (κ1) is 15.7. The van der Waals surface area contributed by atoms with Gasteiger partial charge in [-0.3, -0.25) is 5.32 Å². The summed E-state index contributed by atoms with van der Waals surface area (Å²) in [5.41, 5.74) is 2.18. The first-order chi connectivity index (χ1) is 12.4. The smallest absolute Gasteiger partial charge is 0.164 e. The molecule has 2 heterocycles. The maximum Gasteiger partial charge on any atom is 0.164 e. The SMILES string of the molecule is c1ccc([C@H](NCc2ncn(-c3ccccc3)n2)c2nccs2)cc1. The van der Waals surface area contributed by atoms with Gasteiger partial charge in [0.2, 0.25) is 0 Å². The number of nitrogens with zero attached hydrogens (tertiary/aromatic N) is 4.